The summed E-state index contributed by atoms with van der Waals surface area (Å²) in [6, 6.07) is 13.4. The van der Waals surface area contributed by atoms with E-state index in [1.807, 2.05) is 36.4 Å². The highest BCUT2D eigenvalue weighted by atomic mass is 35.5. The van der Waals surface area contributed by atoms with Crippen molar-refractivity contribution >= 4 is 50.5 Å². The van der Waals surface area contributed by atoms with Gasteiger partial charge in [-0.1, -0.05) is 40.9 Å². The molecular weight excluding hydrogens is 501 g/mol. The molecule has 1 aliphatic carbocycles. The summed E-state index contributed by atoms with van der Waals surface area (Å²) in [7, 11) is -3.31. The highest BCUT2D eigenvalue weighted by Gasteiger charge is 2.31. The van der Waals surface area contributed by atoms with Crippen molar-refractivity contribution in [3.8, 4) is 0 Å². The molecular formula is C24H30Cl3N3O2S. The van der Waals surface area contributed by atoms with Crippen molar-refractivity contribution in [2.45, 2.75) is 31.7 Å². The highest BCUT2D eigenvalue weighted by molar-refractivity contribution is 7.89. The average molecular weight is 531 g/mol. The lowest BCUT2D eigenvalue weighted by atomic mass is 9.88. The van der Waals surface area contributed by atoms with E-state index in [2.05, 4.69) is 14.9 Å². The molecule has 2 fully saturated rings. The number of sulfonamides is 1. The molecule has 4 rings (SSSR count). The second kappa shape index (κ2) is 11.1. The summed E-state index contributed by atoms with van der Waals surface area (Å²) in [4.78, 5) is 2.30. The number of anilines is 1. The number of rotatable bonds is 10. The first-order valence-electron chi connectivity index (χ1n) is 11.5. The molecule has 1 heterocycles. The van der Waals surface area contributed by atoms with Crippen LogP contribution in [0, 0.1) is 11.8 Å². The van der Waals surface area contributed by atoms with Gasteiger partial charge in [-0.2, -0.15) is 0 Å². The van der Waals surface area contributed by atoms with Crippen LogP contribution in [0.1, 0.15) is 37.3 Å². The number of halogens is 3. The number of hydrogen-bond donors (Lipinski definition) is 2. The molecule has 2 aromatic rings. The number of piperidine rings is 1. The van der Waals surface area contributed by atoms with E-state index in [1.165, 1.54) is 12.8 Å². The zero-order valence-corrected chi connectivity index (χ0v) is 21.5. The van der Waals surface area contributed by atoms with Gasteiger partial charge in [0.1, 0.15) is 0 Å². The van der Waals surface area contributed by atoms with E-state index in [4.69, 9.17) is 34.8 Å². The Bertz CT molecular complexity index is 1050. The molecule has 1 saturated carbocycles. The van der Waals surface area contributed by atoms with Gasteiger partial charge < -0.3 is 10.2 Å². The highest BCUT2D eigenvalue weighted by Crippen LogP contribution is 2.40. The van der Waals surface area contributed by atoms with Crippen LogP contribution in [-0.2, 0) is 10.0 Å². The zero-order valence-electron chi connectivity index (χ0n) is 18.4. The van der Waals surface area contributed by atoms with Crippen LogP contribution >= 0.6 is 34.8 Å². The zero-order chi connectivity index (χ0) is 23.4. The molecule has 33 heavy (non-hydrogen) atoms. The van der Waals surface area contributed by atoms with Crippen molar-refractivity contribution in [2.75, 3.05) is 36.8 Å². The van der Waals surface area contributed by atoms with Gasteiger partial charge in [-0.15, -0.1) is 0 Å². The summed E-state index contributed by atoms with van der Waals surface area (Å²) in [5.74, 6) is 1.04. The first-order valence-corrected chi connectivity index (χ1v) is 14.2. The summed E-state index contributed by atoms with van der Waals surface area (Å²) in [6.45, 7) is 2.55. The molecule has 0 spiro atoms. The molecule has 5 nitrogen and oxygen atoms in total. The van der Waals surface area contributed by atoms with E-state index >= 15 is 0 Å². The average Bonchev–Trinajstić information content (AvgIpc) is 3.61. The number of benzene rings is 2. The van der Waals surface area contributed by atoms with Crippen molar-refractivity contribution in [1.29, 1.82) is 0 Å². The first-order chi connectivity index (χ1) is 15.8. The fourth-order valence-electron chi connectivity index (χ4n) is 4.38. The fourth-order valence-corrected chi connectivity index (χ4v) is 6.08. The standard InChI is InChI=1S/C24H30Cl3N3O2S/c25-19-4-7-21(8-5-19)30-16-18(3-10-24(30)22-9-6-20(26)13-23(22)27)15-29-33(31,32)12-11-28-14-17-1-2-17/h4-9,13,17-18,24,28-29H,1-3,10-12,14-16H2/t18-,24-/m0/s1. The van der Waals surface area contributed by atoms with Crippen LogP contribution < -0.4 is 14.9 Å². The quantitative estimate of drug-likeness (QED) is 0.397. The fraction of sp³-hybridized carbons (Fsp3) is 0.500. The Morgan fingerprint density at radius 3 is 2.27 bits per heavy atom. The molecule has 9 heteroatoms. The Morgan fingerprint density at radius 2 is 1.58 bits per heavy atom. The Hall–Kier alpha value is -1.02. The maximum Gasteiger partial charge on any atom is 0.212 e. The first kappa shape index (κ1) is 25.1. The van der Waals surface area contributed by atoms with Crippen LogP contribution in [-0.4, -0.2) is 40.3 Å². The van der Waals surface area contributed by atoms with Crippen LogP contribution in [0.25, 0.3) is 0 Å². The van der Waals surface area contributed by atoms with Gasteiger partial charge in [0.25, 0.3) is 0 Å². The second-order valence-electron chi connectivity index (χ2n) is 9.07. The summed E-state index contributed by atoms with van der Waals surface area (Å²) < 4.78 is 27.8. The minimum absolute atomic E-state index is 0.0791. The summed E-state index contributed by atoms with van der Waals surface area (Å²) >= 11 is 18.8. The van der Waals surface area contributed by atoms with Gasteiger partial charge in [0.15, 0.2) is 0 Å². The van der Waals surface area contributed by atoms with Gasteiger partial charge >= 0.3 is 0 Å². The third kappa shape index (κ3) is 7.23. The number of nitrogens with zero attached hydrogens (tertiary/aromatic N) is 1. The smallest absolute Gasteiger partial charge is 0.212 e. The van der Waals surface area contributed by atoms with Crippen LogP contribution in [0.2, 0.25) is 15.1 Å². The molecule has 0 unspecified atom stereocenters. The maximum atomic E-state index is 12.5. The largest absolute Gasteiger partial charge is 0.364 e. The molecule has 0 radical (unpaired) electrons. The van der Waals surface area contributed by atoms with Crippen LogP contribution in [0.4, 0.5) is 5.69 Å². The topological polar surface area (TPSA) is 61.4 Å². The molecule has 0 aromatic heterocycles. The van der Waals surface area contributed by atoms with E-state index in [-0.39, 0.29) is 17.7 Å². The summed E-state index contributed by atoms with van der Waals surface area (Å²) in [6.07, 6.45) is 4.27. The van der Waals surface area contributed by atoms with Crippen LogP contribution in [0.5, 0.6) is 0 Å². The van der Waals surface area contributed by atoms with Gasteiger partial charge in [0.05, 0.1) is 11.8 Å². The van der Waals surface area contributed by atoms with Crippen LogP contribution in [0.15, 0.2) is 42.5 Å². The minimum atomic E-state index is -3.31. The second-order valence-corrected chi connectivity index (χ2v) is 12.3. The van der Waals surface area contributed by atoms with Crippen LogP contribution in [0.3, 0.4) is 0 Å². The Labute approximate surface area is 211 Å². The predicted molar refractivity (Wildman–Crippen MR) is 138 cm³/mol. The third-order valence-electron chi connectivity index (χ3n) is 6.43. The molecule has 2 aromatic carbocycles. The Kier molecular flexibility index (Phi) is 8.47. The minimum Gasteiger partial charge on any atom is -0.364 e. The third-order valence-corrected chi connectivity index (χ3v) is 8.59. The molecule has 1 saturated heterocycles. The van der Waals surface area contributed by atoms with Crippen molar-refractivity contribution in [3.63, 3.8) is 0 Å². The summed E-state index contributed by atoms with van der Waals surface area (Å²) in [5, 5.41) is 5.18. The van der Waals surface area contributed by atoms with Crippen molar-refractivity contribution in [1.82, 2.24) is 10.0 Å². The lowest BCUT2D eigenvalue weighted by molar-refractivity contribution is 0.358. The van der Waals surface area contributed by atoms with Gasteiger partial charge in [-0.05, 0) is 86.0 Å². The lowest BCUT2D eigenvalue weighted by Crippen LogP contribution is -2.43. The predicted octanol–water partition coefficient (Wildman–Crippen LogP) is 5.52. The van der Waals surface area contributed by atoms with Gasteiger partial charge in [0.2, 0.25) is 10.0 Å². The molecule has 0 bridgehead atoms. The van der Waals surface area contributed by atoms with E-state index in [1.54, 1.807) is 6.07 Å². The van der Waals surface area contributed by atoms with E-state index in [0.717, 1.165) is 36.6 Å². The van der Waals surface area contributed by atoms with Crippen molar-refractivity contribution < 1.29 is 8.42 Å². The van der Waals surface area contributed by atoms with Crippen molar-refractivity contribution in [2.24, 2.45) is 11.8 Å². The normalized spacial score (nSPS) is 21.4. The monoisotopic (exact) mass is 529 g/mol. The molecule has 2 N–H and O–H groups in total. The van der Waals surface area contributed by atoms with E-state index in [0.29, 0.717) is 34.7 Å². The SMILES string of the molecule is O=S(=O)(CCNCC1CC1)NC[C@@H]1CC[C@@H](c2ccc(Cl)cc2Cl)N(c2ccc(Cl)cc2)C1. The molecule has 2 atom stereocenters. The van der Waals surface area contributed by atoms with E-state index < -0.39 is 10.0 Å². The Balaban J connectivity index is 1.41. The molecule has 2 aliphatic rings. The molecule has 0 amide bonds. The Morgan fingerprint density at radius 1 is 0.879 bits per heavy atom. The van der Waals surface area contributed by atoms with E-state index in [9.17, 15) is 8.42 Å². The number of hydrogen-bond acceptors (Lipinski definition) is 4. The van der Waals surface area contributed by atoms with Crippen molar-refractivity contribution in [3.05, 3.63) is 63.1 Å². The molecule has 180 valence electrons. The maximum absolute atomic E-state index is 12.5. The number of nitrogens with one attached hydrogen (secondary N) is 2. The van der Waals surface area contributed by atoms with Gasteiger partial charge in [-0.25, -0.2) is 13.1 Å². The van der Waals surface area contributed by atoms with Gasteiger partial charge in [0, 0.05) is 40.4 Å². The summed E-state index contributed by atoms with van der Waals surface area (Å²) in [5.41, 5.74) is 2.06. The lowest BCUT2D eigenvalue weighted by Gasteiger charge is -2.42. The van der Waals surface area contributed by atoms with Gasteiger partial charge in [-0.3, -0.25) is 0 Å². The molecule has 1 aliphatic heterocycles.